The molecule has 0 bridgehead atoms. The minimum atomic E-state index is -0.0876. The topological polar surface area (TPSA) is 21.3 Å². The normalized spacial score (nSPS) is 27.9. The molecule has 1 aliphatic carbocycles. The summed E-state index contributed by atoms with van der Waals surface area (Å²) < 4.78 is 0. The molecule has 0 spiro atoms. The minimum absolute atomic E-state index is 0.0876. The van der Waals surface area contributed by atoms with E-state index in [1.807, 2.05) is 0 Å². The lowest BCUT2D eigenvalue weighted by Gasteiger charge is -2.30. The molecular weight excluding hydrogens is 210 g/mol. The zero-order chi connectivity index (χ0) is 13.1. The van der Waals surface area contributed by atoms with E-state index in [0.29, 0.717) is 11.5 Å². The van der Waals surface area contributed by atoms with Gasteiger partial charge in [-0.2, -0.15) is 5.48 Å². The van der Waals surface area contributed by atoms with E-state index in [1.165, 1.54) is 32.1 Å². The van der Waals surface area contributed by atoms with Crippen molar-refractivity contribution in [2.45, 2.75) is 85.3 Å². The largest absolute Gasteiger partial charge is 0.296 e. The summed E-state index contributed by atoms with van der Waals surface area (Å²) >= 11 is 0. The molecule has 1 aliphatic rings. The first-order valence-electron chi connectivity index (χ1n) is 7.12. The number of hydrogen-bond donors (Lipinski definition) is 1. The fourth-order valence-electron chi connectivity index (χ4n) is 2.55. The predicted octanol–water partition coefficient (Wildman–Crippen LogP) is 4.30. The van der Waals surface area contributed by atoms with Gasteiger partial charge in [-0.1, -0.05) is 27.2 Å². The summed E-state index contributed by atoms with van der Waals surface area (Å²) in [7, 11) is 0. The first kappa shape index (κ1) is 15.0. The predicted molar refractivity (Wildman–Crippen MR) is 73.8 cm³/mol. The highest BCUT2D eigenvalue weighted by molar-refractivity contribution is 4.80. The third kappa shape index (κ3) is 5.87. The van der Waals surface area contributed by atoms with Crippen molar-refractivity contribution < 1.29 is 4.84 Å². The van der Waals surface area contributed by atoms with Crippen LogP contribution in [0.1, 0.15) is 73.6 Å². The third-order valence-corrected chi connectivity index (χ3v) is 3.73. The average Bonchev–Trinajstić information content (AvgIpc) is 2.37. The smallest absolute Gasteiger partial charge is 0.0813 e. The molecule has 2 nitrogen and oxygen atoms in total. The van der Waals surface area contributed by atoms with E-state index >= 15 is 0 Å². The van der Waals surface area contributed by atoms with Gasteiger partial charge in [0, 0.05) is 6.04 Å². The number of nitrogens with one attached hydrogen (secondary N) is 1. The van der Waals surface area contributed by atoms with Crippen LogP contribution in [0.15, 0.2) is 0 Å². The second-order valence-electron chi connectivity index (χ2n) is 7.60. The first-order valence-corrected chi connectivity index (χ1v) is 7.12. The Bertz CT molecular complexity index is 224. The van der Waals surface area contributed by atoms with Gasteiger partial charge in [0.05, 0.1) is 5.60 Å². The Hall–Kier alpha value is -0.0800. The molecule has 2 atom stereocenters. The average molecular weight is 241 g/mol. The van der Waals surface area contributed by atoms with Gasteiger partial charge in [0.2, 0.25) is 0 Å². The van der Waals surface area contributed by atoms with Crippen LogP contribution in [0, 0.1) is 11.3 Å². The quantitative estimate of drug-likeness (QED) is 0.575. The molecule has 0 heterocycles. The van der Waals surface area contributed by atoms with E-state index in [2.05, 4.69) is 47.0 Å². The van der Waals surface area contributed by atoms with Crippen LogP contribution < -0.4 is 5.48 Å². The Labute approximate surface area is 107 Å². The molecule has 2 heteroatoms. The molecule has 2 unspecified atom stereocenters. The van der Waals surface area contributed by atoms with E-state index in [-0.39, 0.29) is 5.60 Å². The summed E-state index contributed by atoms with van der Waals surface area (Å²) in [5, 5.41) is 0. The van der Waals surface area contributed by atoms with Gasteiger partial charge in [-0.15, -0.1) is 0 Å². The highest BCUT2D eigenvalue weighted by atomic mass is 16.7. The van der Waals surface area contributed by atoms with Crippen molar-refractivity contribution >= 4 is 0 Å². The van der Waals surface area contributed by atoms with Gasteiger partial charge in [-0.3, -0.25) is 4.84 Å². The van der Waals surface area contributed by atoms with Crippen LogP contribution in [0.25, 0.3) is 0 Å². The summed E-state index contributed by atoms with van der Waals surface area (Å²) in [4.78, 5) is 5.70. The number of rotatable bonds is 2. The Balaban J connectivity index is 2.38. The van der Waals surface area contributed by atoms with Crippen LogP contribution in [0.5, 0.6) is 0 Å². The molecule has 0 aromatic rings. The fourth-order valence-corrected chi connectivity index (χ4v) is 2.55. The van der Waals surface area contributed by atoms with Gasteiger partial charge in [0.1, 0.15) is 0 Å². The first-order chi connectivity index (χ1) is 7.68. The number of hydrogen-bond acceptors (Lipinski definition) is 2. The molecule has 1 rings (SSSR count). The van der Waals surface area contributed by atoms with Gasteiger partial charge >= 0.3 is 0 Å². The maximum Gasteiger partial charge on any atom is 0.0813 e. The van der Waals surface area contributed by atoms with Crippen molar-refractivity contribution in [2.24, 2.45) is 11.3 Å². The van der Waals surface area contributed by atoms with Gasteiger partial charge in [-0.05, 0) is 57.8 Å². The highest BCUT2D eigenvalue weighted by Gasteiger charge is 2.28. The summed E-state index contributed by atoms with van der Waals surface area (Å²) in [6.45, 7) is 13.4. The fraction of sp³-hybridized carbons (Fsp3) is 1.00. The Kier molecular flexibility index (Phi) is 5.03. The standard InChI is InChI=1S/C15H31NO/c1-14(2,3)12-8-7-9-13(11-10-12)16-17-15(4,5)6/h12-13,16H,7-11H2,1-6H3. The number of hydroxylamine groups is 1. The molecule has 0 aromatic carbocycles. The molecule has 0 aromatic heterocycles. The molecule has 0 amide bonds. The van der Waals surface area contributed by atoms with Gasteiger partial charge < -0.3 is 0 Å². The monoisotopic (exact) mass is 241 g/mol. The van der Waals surface area contributed by atoms with E-state index in [9.17, 15) is 0 Å². The van der Waals surface area contributed by atoms with Crippen LogP contribution in [-0.4, -0.2) is 11.6 Å². The summed E-state index contributed by atoms with van der Waals surface area (Å²) in [5.74, 6) is 0.865. The summed E-state index contributed by atoms with van der Waals surface area (Å²) in [5.41, 5.74) is 3.64. The van der Waals surface area contributed by atoms with Gasteiger partial charge in [0.25, 0.3) is 0 Å². The van der Waals surface area contributed by atoms with E-state index < -0.39 is 0 Å². The molecule has 17 heavy (non-hydrogen) atoms. The highest BCUT2D eigenvalue weighted by Crippen LogP contribution is 2.36. The second-order valence-corrected chi connectivity index (χ2v) is 7.60. The third-order valence-electron chi connectivity index (χ3n) is 3.73. The van der Waals surface area contributed by atoms with E-state index in [0.717, 1.165) is 5.92 Å². The molecule has 0 radical (unpaired) electrons. The van der Waals surface area contributed by atoms with Crippen molar-refractivity contribution in [1.29, 1.82) is 0 Å². The van der Waals surface area contributed by atoms with Crippen molar-refractivity contribution in [3.63, 3.8) is 0 Å². The Morgan fingerprint density at radius 3 is 2.06 bits per heavy atom. The van der Waals surface area contributed by atoms with Crippen molar-refractivity contribution in [1.82, 2.24) is 5.48 Å². The van der Waals surface area contributed by atoms with Crippen LogP contribution in [-0.2, 0) is 4.84 Å². The van der Waals surface area contributed by atoms with Crippen LogP contribution >= 0.6 is 0 Å². The minimum Gasteiger partial charge on any atom is -0.296 e. The molecule has 1 N–H and O–H groups in total. The van der Waals surface area contributed by atoms with Gasteiger partial charge in [0.15, 0.2) is 0 Å². The summed E-state index contributed by atoms with van der Waals surface area (Å²) in [6.07, 6.45) is 6.53. The second kappa shape index (κ2) is 5.71. The zero-order valence-corrected chi connectivity index (χ0v) is 12.6. The van der Waals surface area contributed by atoms with Gasteiger partial charge in [-0.25, -0.2) is 0 Å². The van der Waals surface area contributed by atoms with Crippen LogP contribution in [0.3, 0.4) is 0 Å². The molecule has 0 saturated heterocycles. The Morgan fingerprint density at radius 2 is 1.53 bits per heavy atom. The summed E-state index contributed by atoms with van der Waals surface area (Å²) in [6, 6.07) is 0.543. The Morgan fingerprint density at radius 1 is 0.882 bits per heavy atom. The van der Waals surface area contributed by atoms with Crippen molar-refractivity contribution in [3.8, 4) is 0 Å². The van der Waals surface area contributed by atoms with E-state index in [4.69, 9.17) is 4.84 Å². The molecule has 0 aliphatic heterocycles. The zero-order valence-electron chi connectivity index (χ0n) is 12.6. The molecule has 102 valence electrons. The maximum absolute atomic E-state index is 5.70. The molecule has 1 saturated carbocycles. The van der Waals surface area contributed by atoms with Crippen molar-refractivity contribution in [2.75, 3.05) is 0 Å². The van der Waals surface area contributed by atoms with Crippen LogP contribution in [0.4, 0.5) is 0 Å². The van der Waals surface area contributed by atoms with Crippen molar-refractivity contribution in [3.05, 3.63) is 0 Å². The lowest BCUT2D eigenvalue weighted by atomic mass is 9.76. The SMILES string of the molecule is CC(C)(C)ONC1CCCC(C(C)(C)C)CC1. The maximum atomic E-state index is 5.70. The molecule has 1 fully saturated rings. The lowest BCUT2D eigenvalue weighted by molar-refractivity contribution is -0.0902. The van der Waals surface area contributed by atoms with E-state index in [1.54, 1.807) is 0 Å². The lowest BCUT2D eigenvalue weighted by Crippen LogP contribution is -2.36. The van der Waals surface area contributed by atoms with Crippen LogP contribution in [0.2, 0.25) is 0 Å². The molecular formula is C15H31NO.